The molecule has 2 nitrogen and oxygen atoms in total. The van der Waals surface area contributed by atoms with Gasteiger partial charge in [-0.1, -0.05) is 158 Å². The van der Waals surface area contributed by atoms with Crippen molar-refractivity contribution in [2.24, 2.45) is 0 Å². The van der Waals surface area contributed by atoms with Gasteiger partial charge in [-0.25, -0.2) is 0 Å². The van der Waals surface area contributed by atoms with Gasteiger partial charge in [0.15, 0.2) is 0 Å². The minimum atomic E-state index is 1.09. The van der Waals surface area contributed by atoms with Crippen LogP contribution in [0.4, 0.5) is 34.1 Å². The molecule has 0 saturated carbocycles. The summed E-state index contributed by atoms with van der Waals surface area (Å²) in [5.41, 5.74) is 11.5. The number of hydrogen-bond acceptors (Lipinski definition) is 2. The lowest BCUT2D eigenvalue weighted by molar-refractivity contribution is 1.27. The van der Waals surface area contributed by atoms with Crippen molar-refractivity contribution in [3.05, 3.63) is 218 Å². The maximum absolute atomic E-state index is 2.37. The summed E-state index contributed by atoms with van der Waals surface area (Å²) >= 11 is 0. The summed E-state index contributed by atoms with van der Waals surface area (Å²) in [7, 11) is 0. The number of fused-ring (bicyclic) bond motifs is 2. The number of rotatable bonds is 8. The van der Waals surface area contributed by atoms with Gasteiger partial charge in [-0.3, -0.25) is 0 Å². The smallest absolute Gasteiger partial charge is 0.0540 e. The summed E-state index contributed by atoms with van der Waals surface area (Å²) in [6, 6.07) is 78.3. The molecule has 0 saturated heterocycles. The molecule has 0 aliphatic rings. The Hall–Kier alpha value is -6.90. The van der Waals surface area contributed by atoms with Crippen LogP contribution in [0.2, 0.25) is 0 Å². The molecule has 2 heteroatoms. The lowest BCUT2D eigenvalue weighted by Crippen LogP contribution is -2.12. The van der Waals surface area contributed by atoms with E-state index in [4.69, 9.17) is 0 Å². The first-order valence-electron chi connectivity index (χ1n) is 17.8. The van der Waals surface area contributed by atoms with Crippen LogP contribution in [0.15, 0.2) is 218 Å². The van der Waals surface area contributed by atoms with Gasteiger partial charge in [-0.15, -0.1) is 0 Å². The molecule has 9 aromatic rings. The molecule has 0 spiro atoms. The minimum absolute atomic E-state index is 1.09. The number of nitrogens with zero attached hydrogens (tertiary/aromatic N) is 2. The molecule has 0 amide bonds. The molecule has 0 bridgehead atoms. The van der Waals surface area contributed by atoms with Gasteiger partial charge in [0.05, 0.1) is 11.4 Å². The maximum Gasteiger partial charge on any atom is 0.0540 e. The maximum atomic E-state index is 2.37. The summed E-state index contributed by atoms with van der Waals surface area (Å²) < 4.78 is 0. The van der Waals surface area contributed by atoms with Crippen molar-refractivity contribution in [3.8, 4) is 22.3 Å². The standard InChI is InChI=1S/C50H36N2/c1-3-13-37(14-4-1)39-25-29-43(30-26-39)51(49-23-11-19-41-17-7-9-21-47(41)49)45-33-35-46(36-34-45)52(50-24-12-20-42-18-8-10-22-48(42)50)44-31-27-40(28-32-44)38-15-5-2-6-16-38/h1-36H. The van der Waals surface area contributed by atoms with Gasteiger partial charge in [-0.05, 0) is 93.7 Å². The van der Waals surface area contributed by atoms with E-state index in [0.29, 0.717) is 0 Å². The molecule has 52 heavy (non-hydrogen) atoms. The fourth-order valence-electron chi connectivity index (χ4n) is 7.28. The van der Waals surface area contributed by atoms with Crippen LogP contribution < -0.4 is 9.80 Å². The highest BCUT2D eigenvalue weighted by molar-refractivity contribution is 6.01. The van der Waals surface area contributed by atoms with E-state index in [1.165, 1.54) is 43.8 Å². The lowest BCUT2D eigenvalue weighted by atomic mass is 10.0. The van der Waals surface area contributed by atoms with Crippen LogP contribution in [0.5, 0.6) is 0 Å². The Morgan fingerprint density at radius 2 is 0.500 bits per heavy atom. The fourth-order valence-corrected chi connectivity index (χ4v) is 7.28. The monoisotopic (exact) mass is 664 g/mol. The zero-order chi connectivity index (χ0) is 34.7. The molecule has 0 heterocycles. The van der Waals surface area contributed by atoms with Crippen LogP contribution >= 0.6 is 0 Å². The predicted molar refractivity (Wildman–Crippen MR) is 222 cm³/mol. The average molecular weight is 665 g/mol. The van der Waals surface area contributed by atoms with E-state index in [1.807, 2.05) is 0 Å². The third kappa shape index (κ3) is 5.97. The van der Waals surface area contributed by atoms with Crippen LogP contribution in [0.1, 0.15) is 0 Å². The zero-order valence-corrected chi connectivity index (χ0v) is 28.7. The topological polar surface area (TPSA) is 6.48 Å². The minimum Gasteiger partial charge on any atom is -0.310 e. The van der Waals surface area contributed by atoms with Gasteiger partial charge in [0, 0.05) is 33.5 Å². The first-order chi connectivity index (χ1) is 25.8. The largest absolute Gasteiger partial charge is 0.310 e. The Bertz CT molecular complexity index is 2400. The number of benzene rings is 9. The van der Waals surface area contributed by atoms with Crippen LogP contribution in [-0.4, -0.2) is 0 Å². The van der Waals surface area contributed by atoms with E-state index < -0.39 is 0 Å². The Morgan fingerprint density at radius 3 is 0.885 bits per heavy atom. The van der Waals surface area contributed by atoms with Crippen molar-refractivity contribution in [1.29, 1.82) is 0 Å². The molecule has 0 aliphatic heterocycles. The summed E-state index contributed by atoms with van der Waals surface area (Å²) in [5, 5.41) is 4.83. The molecule has 246 valence electrons. The van der Waals surface area contributed by atoms with Gasteiger partial charge >= 0.3 is 0 Å². The highest BCUT2D eigenvalue weighted by Gasteiger charge is 2.19. The molecular formula is C50H36N2. The normalized spacial score (nSPS) is 11.1. The molecule has 0 aliphatic carbocycles. The van der Waals surface area contributed by atoms with Gasteiger partial charge in [0.1, 0.15) is 0 Å². The summed E-state index contributed by atoms with van der Waals surface area (Å²) in [4.78, 5) is 4.75. The Balaban J connectivity index is 1.16. The molecule has 0 radical (unpaired) electrons. The van der Waals surface area contributed by atoms with E-state index in [2.05, 4.69) is 228 Å². The molecule has 0 N–H and O–H groups in total. The molecule has 0 fully saturated rings. The summed E-state index contributed by atoms with van der Waals surface area (Å²) in [5.74, 6) is 0. The Kier molecular flexibility index (Phi) is 8.24. The van der Waals surface area contributed by atoms with E-state index in [-0.39, 0.29) is 0 Å². The van der Waals surface area contributed by atoms with E-state index >= 15 is 0 Å². The summed E-state index contributed by atoms with van der Waals surface area (Å²) in [6.45, 7) is 0. The molecule has 0 aromatic heterocycles. The third-order valence-electron chi connectivity index (χ3n) is 9.85. The van der Waals surface area contributed by atoms with Crippen LogP contribution in [-0.2, 0) is 0 Å². The average Bonchev–Trinajstić information content (AvgIpc) is 3.23. The number of hydrogen-bond donors (Lipinski definition) is 0. The fraction of sp³-hybridized carbons (Fsp3) is 0. The molecule has 0 atom stereocenters. The van der Waals surface area contributed by atoms with Gasteiger partial charge < -0.3 is 9.80 Å². The molecule has 0 unspecified atom stereocenters. The Morgan fingerprint density at radius 1 is 0.212 bits per heavy atom. The second-order valence-corrected chi connectivity index (χ2v) is 13.0. The first kappa shape index (κ1) is 31.1. The van der Waals surface area contributed by atoms with E-state index in [1.54, 1.807) is 0 Å². The van der Waals surface area contributed by atoms with Crippen molar-refractivity contribution in [3.63, 3.8) is 0 Å². The van der Waals surface area contributed by atoms with Crippen molar-refractivity contribution < 1.29 is 0 Å². The van der Waals surface area contributed by atoms with E-state index in [0.717, 1.165) is 34.1 Å². The van der Waals surface area contributed by atoms with E-state index in [9.17, 15) is 0 Å². The van der Waals surface area contributed by atoms with Gasteiger partial charge in [-0.2, -0.15) is 0 Å². The van der Waals surface area contributed by atoms with Crippen LogP contribution in [0.25, 0.3) is 43.8 Å². The van der Waals surface area contributed by atoms with Crippen LogP contribution in [0, 0.1) is 0 Å². The first-order valence-corrected chi connectivity index (χ1v) is 17.8. The third-order valence-corrected chi connectivity index (χ3v) is 9.85. The quantitative estimate of drug-likeness (QED) is 0.159. The Labute approximate surface area is 305 Å². The molecule has 9 aromatic carbocycles. The predicted octanol–water partition coefficient (Wildman–Crippen LogP) is 14.3. The summed E-state index contributed by atoms with van der Waals surface area (Å²) in [6.07, 6.45) is 0. The van der Waals surface area contributed by atoms with Gasteiger partial charge in [0.25, 0.3) is 0 Å². The van der Waals surface area contributed by atoms with Crippen molar-refractivity contribution in [1.82, 2.24) is 0 Å². The highest BCUT2D eigenvalue weighted by Crippen LogP contribution is 2.43. The second-order valence-electron chi connectivity index (χ2n) is 13.0. The van der Waals surface area contributed by atoms with Crippen molar-refractivity contribution in [2.75, 3.05) is 9.80 Å². The van der Waals surface area contributed by atoms with Gasteiger partial charge in [0.2, 0.25) is 0 Å². The highest BCUT2D eigenvalue weighted by atomic mass is 15.2. The SMILES string of the molecule is c1ccc(-c2ccc(N(c3ccc(N(c4ccc(-c5ccccc5)cc4)c4cccc5ccccc45)cc3)c3cccc4ccccc34)cc2)cc1. The van der Waals surface area contributed by atoms with Crippen molar-refractivity contribution >= 4 is 55.7 Å². The zero-order valence-electron chi connectivity index (χ0n) is 28.7. The molecule has 9 rings (SSSR count). The molecular weight excluding hydrogens is 629 g/mol. The second kappa shape index (κ2) is 13.8. The number of anilines is 6. The lowest BCUT2D eigenvalue weighted by Gasteiger charge is -2.29. The van der Waals surface area contributed by atoms with Crippen LogP contribution in [0.3, 0.4) is 0 Å². The van der Waals surface area contributed by atoms with Crippen molar-refractivity contribution in [2.45, 2.75) is 0 Å².